The molecular formula is C14H22N4S. The number of hydrogen-bond acceptors (Lipinski definition) is 4. The highest BCUT2D eigenvalue weighted by atomic mass is 32.2. The summed E-state index contributed by atoms with van der Waals surface area (Å²) in [7, 11) is 0. The van der Waals surface area contributed by atoms with Crippen LogP contribution in [0.4, 0.5) is 0 Å². The summed E-state index contributed by atoms with van der Waals surface area (Å²) in [4.78, 5) is 8.99. The first-order valence-corrected chi connectivity index (χ1v) is 8.22. The lowest BCUT2D eigenvalue weighted by Gasteiger charge is -2.33. The van der Waals surface area contributed by atoms with Crippen molar-refractivity contribution < 1.29 is 0 Å². The van der Waals surface area contributed by atoms with Crippen molar-refractivity contribution in [2.75, 3.05) is 5.75 Å². The zero-order valence-electron chi connectivity index (χ0n) is 11.5. The lowest BCUT2D eigenvalue weighted by molar-refractivity contribution is 0.335. The van der Waals surface area contributed by atoms with Gasteiger partial charge < -0.3 is 9.88 Å². The summed E-state index contributed by atoms with van der Waals surface area (Å²) in [6.45, 7) is 3.14. The summed E-state index contributed by atoms with van der Waals surface area (Å²) in [6.07, 6.45) is 11.1. The van der Waals surface area contributed by atoms with E-state index in [2.05, 4.69) is 21.8 Å². The minimum atomic E-state index is 0.389. The number of amidine groups is 1. The van der Waals surface area contributed by atoms with Gasteiger partial charge in [0.2, 0.25) is 0 Å². The molecule has 1 aliphatic heterocycles. The first kappa shape index (κ1) is 13.0. The molecule has 0 radical (unpaired) electrons. The number of hydrogen-bond donors (Lipinski definition) is 1. The van der Waals surface area contributed by atoms with Gasteiger partial charge in [-0.05, 0) is 25.7 Å². The van der Waals surface area contributed by atoms with Crippen LogP contribution >= 0.6 is 11.8 Å². The fourth-order valence-corrected chi connectivity index (χ4v) is 4.23. The van der Waals surface area contributed by atoms with E-state index in [-0.39, 0.29) is 0 Å². The highest BCUT2D eigenvalue weighted by Crippen LogP contribution is 2.33. The normalized spacial score (nSPS) is 28.4. The van der Waals surface area contributed by atoms with Gasteiger partial charge in [0, 0.05) is 30.7 Å². The van der Waals surface area contributed by atoms with Crippen LogP contribution in [-0.4, -0.2) is 32.6 Å². The Morgan fingerprint density at radius 2 is 2.37 bits per heavy atom. The first-order valence-electron chi connectivity index (χ1n) is 7.24. The van der Waals surface area contributed by atoms with Gasteiger partial charge in [-0.2, -0.15) is 0 Å². The lowest BCUT2D eigenvalue weighted by atomic mass is 9.86. The van der Waals surface area contributed by atoms with Crippen LogP contribution in [0.15, 0.2) is 23.7 Å². The molecule has 0 spiro atoms. The standard InChI is InChI=1S/C14H22N4S/c1-11(8-18-7-6-15-10-18)16-14-17-13-5-3-2-4-12(13)9-19-14/h6-7,10-13H,2-5,8-9H2,1H3,(H,16,17). The number of fused-ring (bicyclic) bond motifs is 1. The van der Waals surface area contributed by atoms with Gasteiger partial charge in [-0.1, -0.05) is 24.6 Å². The predicted octanol–water partition coefficient (Wildman–Crippen LogP) is 2.52. The van der Waals surface area contributed by atoms with E-state index >= 15 is 0 Å². The summed E-state index contributed by atoms with van der Waals surface area (Å²) in [5.74, 6) is 2.07. The van der Waals surface area contributed by atoms with Crippen LogP contribution in [0, 0.1) is 5.92 Å². The molecule has 3 rings (SSSR count). The van der Waals surface area contributed by atoms with E-state index in [0.717, 1.165) is 17.6 Å². The molecule has 0 bridgehead atoms. The Morgan fingerprint density at radius 1 is 1.47 bits per heavy atom. The van der Waals surface area contributed by atoms with E-state index in [4.69, 9.17) is 4.99 Å². The Morgan fingerprint density at radius 3 is 3.21 bits per heavy atom. The number of thioether (sulfide) groups is 1. The molecule has 1 saturated carbocycles. The van der Waals surface area contributed by atoms with E-state index in [1.54, 1.807) is 0 Å². The van der Waals surface area contributed by atoms with Gasteiger partial charge >= 0.3 is 0 Å². The Labute approximate surface area is 119 Å². The zero-order valence-corrected chi connectivity index (χ0v) is 12.3. The molecule has 4 nitrogen and oxygen atoms in total. The van der Waals surface area contributed by atoms with Crippen molar-refractivity contribution in [2.24, 2.45) is 10.9 Å². The number of nitrogens with zero attached hydrogens (tertiary/aromatic N) is 3. The lowest BCUT2D eigenvalue weighted by Crippen LogP contribution is -2.39. The second-order valence-electron chi connectivity index (χ2n) is 5.66. The molecule has 2 aliphatic rings. The van der Waals surface area contributed by atoms with Gasteiger partial charge in [-0.15, -0.1) is 0 Å². The van der Waals surface area contributed by atoms with Gasteiger partial charge in [0.1, 0.15) is 0 Å². The molecule has 3 unspecified atom stereocenters. The van der Waals surface area contributed by atoms with Crippen LogP contribution in [0.2, 0.25) is 0 Å². The minimum absolute atomic E-state index is 0.389. The SMILES string of the molecule is CC(Cn1ccnc1)NC1=NC2CCCCC2CS1. The van der Waals surface area contributed by atoms with Crippen molar-refractivity contribution in [3.8, 4) is 0 Å². The largest absolute Gasteiger partial charge is 0.361 e. The van der Waals surface area contributed by atoms with E-state index in [0.29, 0.717) is 12.1 Å². The third-order valence-electron chi connectivity index (χ3n) is 4.00. The van der Waals surface area contributed by atoms with Crippen LogP contribution < -0.4 is 5.32 Å². The van der Waals surface area contributed by atoms with Crippen molar-refractivity contribution in [1.29, 1.82) is 0 Å². The molecule has 1 aromatic heterocycles. The molecule has 1 fully saturated rings. The number of imidazole rings is 1. The molecule has 19 heavy (non-hydrogen) atoms. The maximum Gasteiger partial charge on any atom is 0.157 e. The van der Waals surface area contributed by atoms with Crippen molar-refractivity contribution >= 4 is 16.9 Å². The van der Waals surface area contributed by atoms with Crippen molar-refractivity contribution in [2.45, 2.75) is 51.2 Å². The van der Waals surface area contributed by atoms with E-state index in [1.807, 2.05) is 30.5 Å². The van der Waals surface area contributed by atoms with E-state index in [1.165, 1.54) is 31.4 Å². The monoisotopic (exact) mass is 278 g/mol. The van der Waals surface area contributed by atoms with Crippen LogP contribution in [0.25, 0.3) is 0 Å². The molecule has 1 aromatic rings. The highest BCUT2D eigenvalue weighted by molar-refractivity contribution is 8.13. The molecule has 1 aliphatic carbocycles. The third kappa shape index (κ3) is 3.32. The van der Waals surface area contributed by atoms with E-state index in [9.17, 15) is 0 Å². The van der Waals surface area contributed by atoms with Crippen LogP contribution in [0.1, 0.15) is 32.6 Å². The molecule has 2 heterocycles. The molecule has 1 N–H and O–H groups in total. The highest BCUT2D eigenvalue weighted by Gasteiger charge is 2.29. The molecule has 0 aromatic carbocycles. The second kappa shape index (κ2) is 5.99. The molecule has 0 saturated heterocycles. The Bertz CT molecular complexity index is 429. The molecule has 0 amide bonds. The summed E-state index contributed by atoms with van der Waals surface area (Å²) < 4.78 is 2.11. The summed E-state index contributed by atoms with van der Waals surface area (Å²) in [5, 5.41) is 4.70. The number of nitrogens with one attached hydrogen (secondary N) is 1. The fourth-order valence-electron chi connectivity index (χ4n) is 2.97. The summed E-state index contributed by atoms with van der Waals surface area (Å²) in [6, 6.07) is 0.971. The Kier molecular flexibility index (Phi) is 4.11. The average Bonchev–Trinajstić information content (AvgIpc) is 2.91. The quantitative estimate of drug-likeness (QED) is 0.924. The van der Waals surface area contributed by atoms with E-state index < -0.39 is 0 Å². The van der Waals surface area contributed by atoms with Gasteiger partial charge in [0.15, 0.2) is 5.17 Å². The maximum absolute atomic E-state index is 4.92. The molecule has 3 atom stereocenters. The van der Waals surface area contributed by atoms with Crippen LogP contribution in [0.5, 0.6) is 0 Å². The first-order chi connectivity index (χ1) is 9.31. The van der Waals surface area contributed by atoms with Gasteiger partial charge in [-0.3, -0.25) is 4.99 Å². The Balaban J connectivity index is 1.56. The smallest absolute Gasteiger partial charge is 0.157 e. The number of aliphatic imine (C=N–C) groups is 1. The molecular weight excluding hydrogens is 256 g/mol. The molecule has 5 heteroatoms. The number of rotatable bonds is 3. The van der Waals surface area contributed by atoms with Crippen LogP contribution in [-0.2, 0) is 6.54 Å². The maximum atomic E-state index is 4.92. The van der Waals surface area contributed by atoms with Gasteiger partial charge in [0.25, 0.3) is 0 Å². The zero-order chi connectivity index (χ0) is 13.1. The molecule has 104 valence electrons. The van der Waals surface area contributed by atoms with Crippen molar-refractivity contribution in [1.82, 2.24) is 14.9 Å². The topological polar surface area (TPSA) is 42.2 Å². The van der Waals surface area contributed by atoms with Crippen molar-refractivity contribution in [3.63, 3.8) is 0 Å². The van der Waals surface area contributed by atoms with Crippen molar-refractivity contribution in [3.05, 3.63) is 18.7 Å². The average molecular weight is 278 g/mol. The minimum Gasteiger partial charge on any atom is -0.361 e. The fraction of sp³-hybridized carbons (Fsp3) is 0.714. The summed E-state index contributed by atoms with van der Waals surface area (Å²) in [5.41, 5.74) is 0. The number of aromatic nitrogens is 2. The summed E-state index contributed by atoms with van der Waals surface area (Å²) >= 11 is 1.90. The predicted molar refractivity (Wildman–Crippen MR) is 80.5 cm³/mol. The van der Waals surface area contributed by atoms with Gasteiger partial charge in [0.05, 0.1) is 12.4 Å². The van der Waals surface area contributed by atoms with Gasteiger partial charge in [-0.25, -0.2) is 4.98 Å². The third-order valence-corrected chi connectivity index (χ3v) is 5.09. The van der Waals surface area contributed by atoms with Crippen LogP contribution in [0.3, 0.4) is 0 Å². The Hall–Kier alpha value is -0.970. The second-order valence-corrected chi connectivity index (χ2v) is 6.67.